The second kappa shape index (κ2) is 7.87. The number of nitrogens with one attached hydrogen (secondary N) is 1. The van der Waals surface area contributed by atoms with Gasteiger partial charge in [0.2, 0.25) is 0 Å². The number of benzene rings is 1. The van der Waals surface area contributed by atoms with E-state index >= 15 is 0 Å². The minimum absolute atomic E-state index is 0.00407. The summed E-state index contributed by atoms with van der Waals surface area (Å²) in [7, 11) is 1.75. The van der Waals surface area contributed by atoms with Gasteiger partial charge in [0.1, 0.15) is 0 Å². The maximum atomic E-state index is 11.9. The largest absolute Gasteiger partial charge is 0.377 e. The van der Waals surface area contributed by atoms with Gasteiger partial charge in [-0.3, -0.25) is 0 Å². The van der Waals surface area contributed by atoms with E-state index in [2.05, 4.69) is 5.32 Å². The summed E-state index contributed by atoms with van der Waals surface area (Å²) < 4.78 is 5.42. The lowest BCUT2D eigenvalue weighted by molar-refractivity contribution is 0.0691. The Morgan fingerprint density at radius 2 is 1.90 bits per heavy atom. The monoisotopic (exact) mass is 279 g/mol. The number of likely N-dealkylation sites (N-methyl/N-ethyl adjacent to an activating group) is 1. The molecule has 0 fully saturated rings. The predicted molar refractivity (Wildman–Crippen MR) is 81.8 cm³/mol. The zero-order valence-electron chi connectivity index (χ0n) is 12.7. The molecule has 20 heavy (non-hydrogen) atoms. The van der Waals surface area contributed by atoms with Crippen LogP contribution in [-0.4, -0.2) is 37.2 Å². The van der Waals surface area contributed by atoms with Gasteiger partial charge >= 0.3 is 6.03 Å². The van der Waals surface area contributed by atoms with E-state index in [0.29, 0.717) is 13.2 Å². The van der Waals surface area contributed by atoms with Gasteiger partial charge in [-0.15, -0.1) is 0 Å². The van der Waals surface area contributed by atoms with Gasteiger partial charge in [0.15, 0.2) is 0 Å². The molecule has 0 spiro atoms. The lowest BCUT2D eigenvalue weighted by Gasteiger charge is -2.19. The van der Waals surface area contributed by atoms with Crippen molar-refractivity contribution in [3.05, 3.63) is 29.8 Å². The molecule has 0 bridgehead atoms. The van der Waals surface area contributed by atoms with Gasteiger partial charge in [-0.2, -0.15) is 0 Å². The number of rotatable bonds is 6. The molecule has 0 radical (unpaired) electrons. The van der Waals surface area contributed by atoms with Crippen molar-refractivity contribution < 1.29 is 9.53 Å². The number of ether oxygens (including phenoxy) is 1. The van der Waals surface area contributed by atoms with Gasteiger partial charge in [0.25, 0.3) is 0 Å². The molecule has 1 atom stereocenters. The fraction of sp³-hybridized carbons (Fsp3) is 0.533. The molecule has 0 saturated heterocycles. The summed E-state index contributed by atoms with van der Waals surface area (Å²) in [4.78, 5) is 13.5. The highest BCUT2D eigenvalue weighted by Gasteiger charge is 2.09. The summed E-state index contributed by atoms with van der Waals surface area (Å²) in [5.74, 6) is 0. The summed E-state index contributed by atoms with van der Waals surface area (Å²) in [6, 6.07) is 7.40. The van der Waals surface area contributed by atoms with E-state index in [9.17, 15) is 4.79 Å². The molecule has 0 saturated carbocycles. The van der Waals surface area contributed by atoms with Crippen molar-refractivity contribution in [1.29, 1.82) is 0 Å². The van der Waals surface area contributed by atoms with Gasteiger partial charge in [-0.1, -0.05) is 12.1 Å². The van der Waals surface area contributed by atoms with Crippen molar-refractivity contribution in [2.75, 3.05) is 25.5 Å². The number of anilines is 1. The van der Waals surface area contributed by atoms with Gasteiger partial charge in [0, 0.05) is 25.3 Å². The number of nitrogens with zero attached hydrogens (tertiary/aromatic N) is 1. The Morgan fingerprint density at radius 3 is 2.40 bits per heavy atom. The molecule has 0 aliphatic rings. The molecule has 2 amide bonds. The first-order chi connectivity index (χ1) is 9.40. The third-order valence-corrected chi connectivity index (χ3v) is 2.91. The number of carbonyl (C=O) groups excluding carboxylic acids is 1. The average Bonchev–Trinajstić information content (AvgIpc) is 2.38. The fourth-order valence-electron chi connectivity index (χ4n) is 1.62. The quantitative estimate of drug-likeness (QED) is 0.841. The first kappa shape index (κ1) is 16.5. The van der Waals surface area contributed by atoms with Crippen molar-refractivity contribution in [3.63, 3.8) is 0 Å². The van der Waals surface area contributed by atoms with Crippen molar-refractivity contribution in [3.8, 4) is 0 Å². The first-order valence-electron chi connectivity index (χ1n) is 6.89. The van der Waals surface area contributed by atoms with Crippen LogP contribution in [0.25, 0.3) is 0 Å². The number of amides is 2. The highest BCUT2D eigenvalue weighted by molar-refractivity contribution is 5.89. The second-order valence-corrected chi connectivity index (χ2v) is 5.18. The van der Waals surface area contributed by atoms with Gasteiger partial charge in [0.05, 0.1) is 12.7 Å². The third kappa shape index (κ3) is 5.59. The van der Waals surface area contributed by atoms with Crippen molar-refractivity contribution in [2.45, 2.75) is 32.9 Å². The summed E-state index contributed by atoms with van der Waals surface area (Å²) in [6.45, 7) is 6.96. The Bertz CT molecular complexity index is 416. The van der Waals surface area contributed by atoms with E-state index in [1.54, 1.807) is 11.9 Å². The molecular formula is C15H25N3O2. The zero-order valence-corrected chi connectivity index (χ0v) is 12.7. The molecular weight excluding hydrogens is 254 g/mol. The summed E-state index contributed by atoms with van der Waals surface area (Å²) >= 11 is 0. The first-order valence-corrected chi connectivity index (χ1v) is 6.89. The van der Waals surface area contributed by atoms with Crippen molar-refractivity contribution >= 4 is 11.7 Å². The Balaban J connectivity index is 2.44. The van der Waals surface area contributed by atoms with Crippen LogP contribution < -0.4 is 11.1 Å². The lowest BCUT2D eigenvalue weighted by atomic mass is 10.1. The van der Waals surface area contributed by atoms with E-state index < -0.39 is 0 Å². The fourth-order valence-corrected chi connectivity index (χ4v) is 1.62. The lowest BCUT2D eigenvalue weighted by Crippen LogP contribution is -2.34. The van der Waals surface area contributed by atoms with E-state index in [0.717, 1.165) is 11.3 Å². The molecule has 5 heteroatoms. The molecule has 112 valence electrons. The molecule has 3 N–H and O–H groups in total. The number of carbonyl (C=O) groups is 1. The van der Waals surface area contributed by atoms with Crippen LogP contribution in [0.4, 0.5) is 10.5 Å². The minimum Gasteiger partial charge on any atom is -0.377 e. The zero-order chi connectivity index (χ0) is 15.1. The molecule has 0 heterocycles. The smallest absolute Gasteiger partial charge is 0.321 e. The van der Waals surface area contributed by atoms with E-state index in [1.165, 1.54) is 0 Å². The Morgan fingerprint density at radius 1 is 1.30 bits per heavy atom. The van der Waals surface area contributed by atoms with E-state index in [1.807, 2.05) is 45.0 Å². The summed E-state index contributed by atoms with van der Waals surface area (Å²) in [6.07, 6.45) is 0.178. The van der Waals surface area contributed by atoms with Gasteiger partial charge in [-0.25, -0.2) is 4.79 Å². The third-order valence-electron chi connectivity index (χ3n) is 2.91. The molecule has 0 aliphatic carbocycles. The Hall–Kier alpha value is -1.59. The average molecular weight is 279 g/mol. The van der Waals surface area contributed by atoms with Crippen LogP contribution >= 0.6 is 0 Å². The van der Waals surface area contributed by atoms with Crippen LogP contribution in [0.3, 0.4) is 0 Å². The minimum atomic E-state index is -0.147. The van der Waals surface area contributed by atoms with Crippen LogP contribution in [0.15, 0.2) is 24.3 Å². The summed E-state index contributed by atoms with van der Waals surface area (Å²) in [5.41, 5.74) is 7.59. The normalized spacial score (nSPS) is 12.3. The molecule has 1 unspecified atom stereocenters. The van der Waals surface area contributed by atoms with Crippen molar-refractivity contribution in [2.24, 2.45) is 5.73 Å². The molecule has 5 nitrogen and oxygen atoms in total. The van der Waals surface area contributed by atoms with Crippen LogP contribution in [0.5, 0.6) is 0 Å². The van der Waals surface area contributed by atoms with Crippen LogP contribution in [0, 0.1) is 0 Å². The van der Waals surface area contributed by atoms with Gasteiger partial charge < -0.3 is 20.7 Å². The van der Waals surface area contributed by atoms with E-state index in [4.69, 9.17) is 10.5 Å². The summed E-state index contributed by atoms with van der Waals surface area (Å²) in [5, 5.41) is 2.84. The molecule has 0 aromatic heterocycles. The number of hydrogen-bond donors (Lipinski definition) is 2. The standard InChI is InChI=1S/C15H25N3O2/c1-11(2)20-10-9-18(4)15(19)17-14-7-5-13(6-8-14)12(3)16/h5-8,11-12H,9-10,16H2,1-4H3,(H,17,19). The molecule has 1 aromatic rings. The van der Waals surface area contributed by atoms with Crippen LogP contribution in [0.2, 0.25) is 0 Å². The number of hydrogen-bond acceptors (Lipinski definition) is 3. The predicted octanol–water partition coefficient (Wildman–Crippen LogP) is 2.60. The maximum absolute atomic E-state index is 11.9. The van der Waals surface area contributed by atoms with Crippen LogP contribution in [-0.2, 0) is 4.74 Å². The van der Waals surface area contributed by atoms with E-state index in [-0.39, 0.29) is 18.2 Å². The van der Waals surface area contributed by atoms with Crippen LogP contribution in [0.1, 0.15) is 32.4 Å². The highest BCUT2D eigenvalue weighted by atomic mass is 16.5. The number of urea groups is 1. The van der Waals surface area contributed by atoms with Crippen molar-refractivity contribution in [1.82, 2.24) is 4.90 Å². The Kier molecular flexibility index (Phi) is 6.48. The topological polar surface area (TPSA) is 67.6 Å². The molecule has 1 aromatic carbocycles. The second-order valence-electron chi connectivity index (χ2n) is 5.18. The molecule has 0 aliphatic heterocycles. The Labute approximate surface area is 121 Å². The highest BCUT2D eigenvalue weighted by Crippen LogP contribution is 2.14. The maximum Gasteiger partial charge on any atom is 0.321 e. The van der Waals surface area contributed by atoms with Gasteiger partial charge in [-0.05, 0) is 38.5 Å². The number of nitrogens with two attached hydrogens (primary N) is 1. The SMILES string of the molecule is CC(C)OCCN(C)C(=O)Nc1ccc(C(C)N)cc1. The molecule has 1 rings (SSSR count).